The molecule has 4 rings (SSSR count). The lowest BCUT2D eigenvalue weighted by molar-refractivity contribution is 0.420. The summed E-state index contributed by atoms with van der Waals surface area (Å²) in [6.45, 7) is 2.56. The minimum absolute atomic E-state index is 0.106. The molecule has 11 heteroatoms. The zero-order valence-corrected chi connectivity index (χ0v) is 21.2. The fourth-order valence-corrected chi connectivity index (χ4v) is 5.96. The monoisotopic (exact) mass is 521 g/mol. The first-order chi connectivity index (χ1) is 16.2. The third-order valence-electron chi connectivity index (χ3n) is 6.06. The Morgan fingerprint density at radius 2 is 1.76 bits per heavy atom. The Balaban J connectivity index is 1.56. The number of primary sulfonamides is 1. The number of aliphatic imine (C=N–C) groups is 1. The van der Waals surface area contributed by atoms with E-state index in [1.165, 1.54) is 0 Å². The molecule has 0 spiro atoms. The van der Waals surface area contributed by atoms with Crippen molar-refractivity contribution in [2.24, 2.45) is 15.2 Å². The van der Waals surface area contributed by atoms with Crippen LogP contribution in [-0.2, 0) is 21.0 Å². The van der Waals surface area contributed by atoms with Gasteiger partial charge in [0.2, 0.25) is 16.0 Å². The van der Waals surface area contributed by atoms with Gasteiger partial charge in [-0.15, -0.1) is 0 Å². The van der Waals surface area contributed by atoms with Crippen LogP contribution in [0.25, 0.3) is 0 Å². The fourth-order valence-electron chi connectivity index (χ4n) is 4.08. The lowest BCUT2D eigenvalue weighted by Gasteiger charge is -2.26. The number of halogens is 1. The fraction of sp³-hybridized carbons (Fsp3) is 0.391. The van der Waals surface area contributed by atoms with E-state index in [1.54, 1.807) is 5.01 Å². The molecule has 1 atom stereocenters. The summed E-state index contributed by atoms with van der Waals surface area (Å²) < 4.78 is 39.5. The smallest absolute Gasteiger partial charge is 0.227 e. The van der Waals surface area contributed by atoms with Crippen LogP contribution < -0.4 is 9.86 Å². The summed E-state index contributed by atoms with van der Waals surface area (Å²) in [7, 11) is -5.07. The van der Waals surface area contributed by atoms with Crippen LogP contribution >= 0.6 is 11.6 Å². The van der Waals surface area contributed by atoms with Gasteiger partial charge in [-0.05, 0) is 62.4 Å². The van der Waals surface area contributed by atoms with Crippen LogP contribution in [0.2, 0.25) is 5.02 Å². The molecule has 3 N–H and O–H groups in total. The van der Waals surface area contributed by atoms with Gasteiger partial charge in [-0.1, -0.05) is 41.4 Å². The summed E-state index contributed by atoms with van der Waals surface area (Å²) in [6, 6.07) is 14.9. The number of sulfonamides is 1. The molecule has 0 amide bonds. The van der Waals surface area contributed by atoms with Crippen molar-refractivity contribution in [2.45, 2.75) is 55.2 Å². The minimum Gasteiger partial charge on any atom is -0.270 e. The molecule has 0 bridgehead atoms. The van der Waals surface area contributed by atoms with Crippen LogP contribution in [0.3, 0.4) is 0 Å². The van der Waals surface area contributed by atoms with Gasteiger partial charge in [0, 0.05) is 11.4 Å². The highest BCUT2D eigenvalue weighted by atomic mass is 35.5. The van der Waals surface area contributed by atoms with Gasteiger partial charge in [0.25, 0.3) is 0 Å². The number of aryl methyl sites for hydroxylation is 1. The zero-order chi connectivity index (χ0) is 24.3. The molecule has 0 saturated heterocycles. The first-order valence-electron chi connectivity index (χ1n) is 11.1. The molecule has 1 heterocycles. The second kappa shape index (κ2) is 10.6. The Labute approximate surface area is 207 Å². The molecule has 0 aromatic heterocycles. The van der Waals surface area contributed by atoms with Gasteiger partial charge in [0.05, 0.1) is 28.4 Å². The van der Waals surface area contributed by atoms with Crippen LogP contribution in [0.5, 0.6) is 0 Å². The van der Waals surface area contributed by atoms with Crippen molar-refractivity contribution in [1.29, 1.82) is 0 Å². The predicted octanol–water partition coefficient (Wildman–Crippen LogP) is 3.33. The first kappa shape index (κ1) is 24.8. The van der Waals surface area contributed by atoms with E-state index < -0.39 is 26.3 Å². The van der Waals surface area contributed by atoms with E-state index in [-0.39, 0.29) is 6.04 Å². The van der Waals surface area contributed by atoms with Gasteiger partial charge in [0.1, 0.15) is 0 Å². The van der Waals surface area contributed by atoms with Crippen molar-refractivity contribution in [2.75, 3.05) is 6.54 Å². The minimum atomic E-state index is -3.55. The maximum Gasteiger partial charge on any atom is 0.227 e. The Morgan fingerprint density at radius 1 is 1.12 bits per heavy atom. The summed E-state index contributed by atoms with van der Waals surface area (Å²) in [5, 5.41) is 11.9. The highest BCUT2D eigenvalue weighted by Crippen LogP contribution is 2.26. The average Bonchev–Trinajstić information content (AvgIpc) is 3.29. The molecular weight excluding hydrogens is 494 g/mol. The average molecular weight is 522 g/mol. The number of hydrogen-bond donors (Lipinski definition) is 2. The number of nitrogens with two attached hydrogens (primary N) is 1. The molecule has 2 aromatic rings. The van der Waals surface area contributed by atoms with Crippen LogP contribution in [0.4, 0.5) is 0 Å². The normalized spacial score (nSPS) is 22.4. The van der Waals surface area contributed by atoms with E-state index in [0.717, 1.165) is 16.8 Å². The van der Waals surface area contributed by atoms with E-state index in [2.05, 4.69) is 4.72 Å². The van der Waals surface area contributed by atoms with Gasteiger partial charge in [-0.25, -0.2) is 27.8 Å². The second-order valence-electron chi connectivity index (χ2n) is 8.58. The molecule has 1 unspecified atom stereocenters. The SMILES string of the molecule is Cc1ccc(S(=O)NC(=NC2CCC(S(N)(=O)=O)CC2)N2CCC(c3ccc(Cl)cc3)=N2)cc1. The Hall–Kier alpha value is -2.27. The van der Waals surface area contributed by atoms with Crippen LogP contribution in [-0.4, -0.2) is 47.1 Å². The van der Waals surface area contributed by atoms with Crippen molar-refractivity contribution in [1.82, 2.24) is 9.73 Å². The highest BCUT2D eigenvalue weighted by Gasteiger charge is 2.30. The summed E-state index contributed by atoms with van der Waals surface area (Å²) >= 11 is 6.01. The largest absolute Gasteiger partial charge is 0.270 e. The number of rotatable bonds is 5. The lowest BCUT2D eigenvalue weighted by Crippen LogP contribution is -2.40. The Bertz CT molecular complexity index is 1210. The van der Waals surface area contributed by atoms with Gasteiger partial charge >= 0.3 is 0 Å². The van der Waals surface area contributed by atoms with Crippen LogP contribution in [0.15, 0.2) is 63.5 Å². The topological polar surface area (TPSA) is 117 Å². The van der Waals surface area contributed by atoms with Gasteiger partial charge < -0.3 is 0 Å². The van der Waals surface area contributed by atoms with E-state index in [9.17, 15) is 12.6 Å². The number of hydrazone groups is 1. The number of nitrogens with one attached hydrogen (secondary N) is 1. The van der Waals surface area contributed by atoms with Gasteiger partial charge in [-0.2, -0.15) is 5.10 Å². The maximum absolute atomic E-state index is 13.1. The molecule has 1 aliphatic heterocycles. The summed E-state index contributed by atoms with van der Waals surface area (Å²) in [5.74, 6) is 0.418. The molecule has 2 aliphatic rings. The van der Waals surface area contributed by atoms with Crippen molar-refractivity contribution in [3.63, 3.8) is 0 Å². The maximum atomic E-state index is 13.1. The van der Waals surface area contributed by atoms with Crippen LogP contribution in [0, 0.1) is 6.92 Å². The van der Waals surface area contributed by atoms with Crippen molar-refractivity contribution >= 4 is 44.3 Å². The van der Waals surface area contributed by atoms with E-state index in [0.29, 0.717) is 54.5 Å². The van der Waals surface area contributed by atoms with Crippen molar-refractivity contribution < 1.29 is 12.6 Å². The highest BCUT2D eigenvalue weighted by molar-refractivity contribution is 7.89. The predicted molar refractivity (Wildman–Crippen MR) is 137 cm³/mol. The van der Waals surface area contributed by atoms with E-state index in [4.69, 9.17) is 26.8 Å². The molecule has 1 fully saturated rings. The number of benzene rings is 2. The standard InChI is InChI=1S/C23H28ClN5O3S2/c1-16-2-10-20(11-3-16)33(30)28-23(26-19-8-12-21(13-9-19)34(25,31)32)29-15-14-22(27-29)17-4-6-18(24)7-5-17/h2-7,10-11,19,21H,8-9,12-15H2,1H3,(H,26,28)(H2,25,31,32). The third-order valence-corrected chi connectivity index (χ3v) is 8.78. The molecule has 182 valence electrons. The van der Waals surface area contributed by atoms with Crippen molar-refractivity contribution in [3.8, 4) is 0 Å². The van der Waals surface area contributed by atoms with Gasteiger partial charge in [0.15, 0.2) is 11.0 Å². The molecule has 8 nitrogen and oxygen atoms in total. The summed E-state index contributed by atoms with van der Waals surface area (Å²) in [6.07, 6.45) is 2.80. The van der Waals surface area contributed by atoms with E-state index in [1.807, 2.05) is 55.5 Å². The quantitative estimate of drug-likeness (QED) is 0.463. The third kappa shape index (κ3) is 6.24. The van der Waals surface area contributed by atoms with Gasteiger partial charge in [-0.3, -0.25) is 4.72 Å². The van der Waals surface area contributed by atoms with Crippen LogP contribution in [0.1, 0.15) is 43.2 Å². The molecule has 34 heavy (non-hydrogen) atoms. The summed E-state index contributed by atoms with van der Waals surface area (Å²) in [4.78, 5) is 5.47. The number of nitrogens with zero attached hydrogens (tertiary/aromatic N) is 3. The lowest BCUT2D eigenvalue weighted by atomic mass is 9.95. The number of guanidine groups is 1. The first-order valence-corrected chi connectivity index (χ1v) is 14.3. The molecule has 1 saturated carbocycles. The van der Waals surface area contributed by atoms with Crippen molar-refractivity contribution in [3.05, 3.63) is 64.7 Å². The molecular formula is C23H28ClN5O3S2. The Morgan fingerprint density at radius 3 is 2.38 bits per heavy atom. The number of hydrogen-bond acceptors (Lipinski definition) is 5. The van der Waals surface area contributed by atoms with E-state index >= 15 is 0 Å². The second-order valence-corrected chi connectivity index (χ2v) is 12.1. The molecule has 2 aromatic carbocycles. The zero-order valence-electron chi connectivity index (χ0n) is 18.9. The summed E-state index contributed by atoms with van der Waals surface area (Å²) in [5.41, 5.74) is 2.95. The molecule has 0 radical (unpaired) electrons. The Kier molecular flexibility index (Phi) is 7.71. The molecule has 1 aliphatic carbocycles.